The van der Waals surface area contributed by atoms with E-state index >= 15 is 0 Å². The van der Waals surface area contributed by atoms with Gasteiger partial charge in [0.2, 0.25) is 11.7 Å². The van der Waals surface area contributed by atoms with E-state index in [0.29, 0.717) is 67.3 Å². The van der Waals surface area contributed by atoms with Crippen LogP contribution in [0.1, 0.15) is 40.0 Å². The molecule has 2 N–H and O–H groups in total. The van der Waals surface area contributed by atoms with Crippen molar-refractivity contribution in [3.8, 4) is 17.2 Å². The third-order valence-corrected chi connectivity index (χ3v) is 5.77. The largest absolute Gasteiger partial charge is 0.493 e. The smallest absolute Gasteiger partial charge is 0.254 e. The molecule has 0 radical (unpaired) electrons. The molecule has 1 aliphatic heterocycles. The van der Waals surface area contributed by atoms with Gasteiger partial charge >= 0.3 is 0 Å². The van der Waals surface area contributed by atoms with E-state index in [1.807, 2.05) is 0 Å². The van der Waals surface area contributed by atoms with Crippen molar-refractivity contribution in [3.63, 3.8) is 0 Å². The normalized spacial score (nSPS) is 14.9. The topological polar surface area (TPSA) is 106 Å². The molecule has 1 heterocycles. The summed E-state index contributed by atoms with van der Waals surface area (Å²) in [4.78, 5) is 39.6. The number of carbonyl (C=O) groups excluding carboxylic acids is 3. The zero-order valence-electron chi connectivity index (χ0n) is 20.1. The van der Waals surface area contributed by atoms with E-state index in [0.717, 1.165) is 0 Å². The number of nitrogens with zero attached hydrogens (tertiary/aromatic N) is 1. The van der Waals surface area contributed by atoms with Gasteiger partial charge in [-0.1, -0.05) is 0 Å². The summed E-state index contributed by atoms with van der Waals surface area (Å²) >= 11 is 0. The molecule has 1 atom stereocenters. The van der Waals surface area contributed by atoms with Crippen molar-refractivity contribution >= 4 is 17.7 Å². The minimum atomic E-state index is -0.588. The zero-order chi connectivity index (χ0) is 25.4. The quantitative estimate of drug-likeness (QED) is 0.499. The van der Waals surface area contributed by atoms with Crippen LogP contribution in [0.25, 0.3) is 0 Å². The Morgan fingerprint density at radius 1 is 0.943 bits per heavy atom. The van der Waals surface area contributed by atoms with E-state index in [2.05, 4.69) is 10.6 Å². The standard InChI is InChI=1S/C25H30FN3O6/c1-33-20-14-17(15-21(34-2)22(20)35-3)25(32)29-13-4-6-19(29)24(31)28-12-5-11-27-23(30)16-7-9-18(26)10-8-16/h7-10,14-15,19H,4-6,11-13H2,1-3H3,(H,27,30)(H,28,31)/t19-/m1/s1. The van der Waals surface area contributed by atoms with Crippen molar-refractivity contribution in [2.24, 2.45) is 0 Å². The lowest BCUT2D eigenvalue weighted by molar-refractivity contribution is -0.124. The summed E-state index contributed by atoms with van der Waals surface area (Å²) < 4.78 is 28.9. The van der Waals surface area contributed by atoms with Crippen LogP contribution in [0.15, 0.2) is 36.4 Å². The number of carbonyl (C=O) groups is 3. The highest BCUT2D eigenvalue weighted by atomic mass is 19.1. The van der Waals surface area contributed by atoms with Crippen LogP contribution >= 0.6 is 0 Å². The Kier molecular flexibility index (Phi) is 8.88. The third-order valence-electron chi connectivity index (χ3n) is 5.77. The molecule has 3 rings (SSSR count). The molecule has 0 aromatic heterocycles. The Bertz CT molecular complexity index is 1030. The monoisotopic (exact) mass is 487 g/mol. The van der Waals surface area contributed by atoms with Crippen molar-refractivity contribution < 1.29 is 33.0 Å². The van der Waals surface area contributed by atoms with Gasteiger partial charge in [-0.3, -0.25) is 14.4 Å². The molecule has 3 amide bonds. The van der Waals surface area contributed by atoms with Crippen molar-refractivity contribution in [2.45, 2.75) is 25.3 Å². The lowest BCUT2D eigenvalue weighted by Gasteiger charge is -2.25. The molecule has 1 saturated heterocycles. The predicted octanol–water partition coefficient (Wildman–Crippen LogP) is 2.39. The molecule has 0 aliphatic carbocycles. The number of ether oxygens (including phenoxy) is 3. The molecule has 0 unspecified atom stereocenters. The van der Waals surface area contributed by atoms with Crippen LogP contribution in [-0.4, -0.2) is 69.6 Å². The summed E-state index contributed by atoms with van der Waals surface area (Å²) in [6, 6.07) is 7.82. The molecule has 10 heteroatoms. The maximum atomic E-state index is 13.2. The molecule has 2 aromatic rings. The van der Waals surface area contributed by atoms with Gasteiger partial charge in [0.05, 0.1) is 21.3 Å². The van der Waals surface area contributed by atoms with Crippen LogP contribution in [0.5, 0.6) is 17.2 Å². The van der Waals surface area contributed by atoms with E-state index in [4.69, 9.17) is 14.2 Å². The molecule has 0 saturated carbocycles. The highest BCUT2D eigenvalue weighted by molar-refractivity contribution is 5.99. The summed E-state index contributed by atoms with van der Waals surface area (Å²) in [5, 5.41) is 5.57. The van der Waals surface area contributed by atoms with Crippen LogP contribution in [0.3, 0.4) is 0 Å². The number of hydrogen-bond donors (Lipinski definition) is 2. The van der Waals surface area contributed by atoms with Crippen molar-refractivity contribution in [3.05, 3.63) is 53.3 Å². The van der Waals surface area contributed by atoms with Crippen LogP contribution in [-0.2, 0) is 4.79 Å². The van der Waals surface area contributed by atoms with Crippen molar-refractivity contribution in [2.75, 3.05) is 41.0 Å². The Hall–Kier alpha value is -3.82. The van der Waals surface area contributed by atoms with Gasteiger partial charge in [-0.2, -0.15) is 0 Å². The van der Waals surface area contributed by atoms with E-state index in [-0.39, 0.29) is 17.7 Å². The second-order valence-electron chi connectivity index (χ2n) is 7.98. The van der Waals surface area contributed by atoms with E-state index in [1.54, 1.807) is 17.0 Å². The summed E-state index contributed by atoms with van der Waals surface area (Å²) in [5.41, 5.74) is 0.699. The molecule has 0 bridgehead atoms. The highest BCUT2D eigenvalue weighted by Gasteiger charge is 2.35. The van der Waals surface area contributed by atoms with Gasteiger partial charge in [-0.05, 0) is 55.7 Å². The van der Waals surface area contributed by atoms with E-state index in [1.165, 1.54) is 45.6 Å². The van der Waals surface area contributed by atoms with Gasteiger partial charge in [0, 0.05) is 30.8 Å². The number of likely N-dealkylation sites (tertiary alicyclic amines) is 1. The molecule has 2 aromatic carbocycles. The molecule has 188 valence electrons. The maximum absolute atomic E-state index is 13.2. The SMILES string of the molecule is COc1cc(C(=O)N2CCC[C@@H]2C(=O)NCCCNC(=O)c2ccc(F)cc2)cc(OC)c1OC. The van der Waals surface area contributed by atoms with Crippen molar-refractivity contribution in [1.82, 2.24) is 15.5 Å². The van der Waals surface area contributed by atoms with Crippen LogP contribution < -0.4 is 24.8 Å². The van der Waals surface area contributed by atoms with Crippen molar-refractivity contribution in [1.29, 1.82) is 0 Å². The highest BCUT2D eigenvalue weighted by Crippen LogP contribution is 2.38. The first-order chi connectivity index (χ1) is 16.9. The molecule has 35 heavy (non-hydrogen) atoms. The minimum absolute atomic E-state index is 0.242. The Morgan fingerprint density at radius 3 is 2.17 bits per heavy atom. The van der Waals surface area contributed by atoms with Crippen LogP contribution in [0.2, 0.25) is 0 Å². The third kappa shape index (κ3) is 6.20. The first-order valence-electron chi connectivity index (χ1n) is 11.3. The molecule has 1 fully saturated rings. The van der Waals surface area contributed by atoms with Gasteiger partial charge in [0.15, 0.2) is 11.5 Å². The Labute approximate surface area is 203 Å². The van der Waals surface area contributed by atoms with Gasteiger partial charge < -0.3 is 29.7 Å². The van der Waals surface area contributed by atoms with Crippen LogP contribution in [0, 0.1) is 5.82 Å². The number of hydrogen-bond acceptors (Lipinski definition) is 6. The molecule has 1 aliphatic rings. The number of benzene rings is 2. The lowest BCUT2D eigenvalue weighted by atomic mass is 10.1. The number of rotatable bonds is 10. The fraction of sp³-hybridized carbons (Fsp3) is 0.400. The van der Waals surface area contributed by atoms with Crippen LogP contribution in [0.4, 0.5) is 4.39 Å². The summed E-state index contributed by atoms with van der Waals surface area (Å²) in [5.74, 6) is -0.158. The van der Waals surface area contributed by atoms with Gasteiger partial charge in [-0.15, -0.1) is 0 Å². The molecule has 9 nitrogen and oxygen atoms in total. The second-order valence-corrected chi connectivity index (χ2v) is 7.98. The first kappa shape index (κ1) is 25.8. The summed E-state index contributed by atoms with van der Waals surface area (Å²) in [6.07, 6.45) is 1.78. The average molecular weight is 488 g/mol. The fourth-order valence-corrected chi connectivity index (χ4v) is 3.98. The summed E-state index contributed by atoms with van der Waals surface area (Å²) in [6.45, 7) is 1.14. The average Bonchev–Trinajstić information content (AvgIpc) is 3.37. The fourth-order valence-electron chi connectivity index (χ4n) is 3.98. The number of nitrogens with one attached hydrogen (secondary N) is 2. The molecular formula is C25H30FN3O6. The Morgan fingerprint density at radius 2 is 1.57 bits per heavy atom. The molecular weight excluding hydrogens is 457 g/mol. The number of halogens is 1. The first-order valence-corrected chi connectivity index (χ1v) is 11.3. The van der Waals surface area contributed by atoms with Gasteiger partial charge in [0.1, 0.15) is 11.9 Å². The summed E-state index contributed by atoms with van der Waals surface area (Å²) in [7, 11) is 4.43. The second kappa shape index (κ2) is 12.0. The van der Waals surface area contributed by atoms with E-state index in [9.17, 15) is 18.8 Å². The molecule has 0 spiro atoms. The zero-order valence-corrected chi connectivity index (χ0v) is 20.1. The maximum Gasteiger partial charge on any atom is 0.254 e. The predicted molar refractivity (Wildman–Crippen MR) is 127 cm³/mol. The minimum Gasteiger partial charge on any atom is -0.493 e. The Balaban J connectivity index is 1.53. The van der Waals surface area contributed by atoms with E-state index < -0.39 is 11.9 Å². The van der Waals surface area contributed by atoms with Gasteiger partial charge in [-0.25, -0.2) is 4.39 Å². The van der Waals surface area contributed by atoms with Gasteiger partial charge in [0.25, 0.3) is 11.8 Å². The lowest BCUT2D eigenvalue weighted by Crippen LogP contribution is -2.46. The number of amides is 3. The number of methoxy groups -OCH3 is 3.